The molecule has 0 saturated carbocycles. The summed E-state index contributed by atoms with van der Waals surface area (Å²) >= 11 is 1.54. The summed E-state index contributed by atoms with van der Waals surface area (Å²) in [6.45, 7) is 3.80. The topological polar surface area (TPSA) is 30.0 Å². The van der Waals surface area contributed by atoms with Crippen molar-refractivity contribution in [1.82, 2.24) is 4.98 Å². The van der Waals surface area contributed by atoms with Crippen LogP contribution in [0.15, 0.2) is 6.20 Å². The maximum absolute atomic E-state index is 11.0. The predicted octanol–water partition coefficient (Wildman–Crippen LogP) is 3.86. The van der Waals surface area contributed by atoms with Crippen LogP contribution in [-0.4, -0.2) is 10.8 Å². The zero-order valence-electron chi connectivity index (χ0n) is 9.58. The van der Waals surface area contributed by atoms with E-state index < -0.39 is 0 Å². The molecule has 0 saturated heterocycles. The van der Waals surface area contributed by atoms with Crippen LogP contribution >= 0.6 is 11.3 Å². The van der Waals surface area contributed by atoms with Crippen molar-refractivity contribution >= 4 is 17.1 Å². The zero-order valence-corrected chi connectivity index (χ0v) is 10.4. The Bertz CT molecular complexity index is 306. The highest BCUT2D eigenvalue weighted by atomic mass is 32.1. The highest BCUT2D eigenvalue weighted by Crippen LogP contribution is 2.16. The van der Waals surface area contributed by atoms with Gasteiger partial charge in [-0.1, -0.05) is 32.6 Å². The number of rotatable bonds is 7. The fourth-order valence-electron chi connectivity index (χ4n) is 1.49. The molecule has 84 valence electrons. The van der Waals surface area contributed by atoms with E-state index in [1.165, 1.54) is 37.0 Å². The predicted molar refractivity (Wildman–Crippen MR) is 64.6 cm³/mol. The van der Waals surface area contributed by atoms with Crippen LogP contribution in [0.5, 0.6) is 0 Å². The normalized spacial score (nSPS) is 10.5. The van der Waals surface area contributed by atoms with Gasteiger partial charge in [0.25, 0.3) is 0 Å². The lowest BCUT2D eigenvalue weighted by Crippen LogP contribution is -1.87. The summed E-state index contributed by atoms with van der Waals surface area (Å²) in [6.07, 6.45) is 9.39. The molecule has 0 fully saturated rings. The van der Waals surface area contributed by atoms with E-state index in [4.69, 9.17) is 0 Å². The number of hydrogen-bond acceptors (Lipinski definition) is 3. The molecule has 1 aromatic heterocycles. The number of nitrogens with zero attached hydrogens (tertiary/aromatic N) is 1. The van der Waals surface area contributed by atoms with Gasteiger partial charge in [-0.25, -0.2) is 4.98 Å². The van der Waals surface area contributed by atoms with Crippen LogP contribution in [-0.2, 0) is 6.42 Å². The van der Waals surface area contributed by atoms with Crippen molar-refractivity contribution in [3.8, 4) is 0 Å². The first-order chi connectivity index (χ1) is 7.24. The van der Waals surface area contributed by atoms with Crippen LogP contribution in [0.25, 0.3) is 0 Å². The van der Waals surface area contributed by atoms with E-state index >= 15 is 0 Å². The summed E-state index contributed by atoms with van der Waals surface area (Å²) in [6, 6.07) is 0. The minimum absolute atomic E-state index is 0.0808. The Balaban J connectivity index is 2.23. The summed E-state index contributed by atoms with van der Waals surface area (Å²) in [5, 5.41) is 0.651. The molecule has 0 spiro atoms. The third-order valence-corrected chi connectivity index (χ3v) is 3.54. The fraction of sp³-hybridized carbons (Fsp3) is 0.667. The average molecular weight is 225 g/mol. The van der Waals surface area contributed by atoms with E-state index in [1.54, 1.807) is 18.3 Å². The standard InChI is InChI=1S/C12H19NOS/c1-3-4-5-6-7-8-11-9-13-12(15-11)10(2)14/h9H,3-8H2,1-2H3. The first-order valence-corrected chi connectivity index (χ1v) is 6.51. The number of ketones is 1. The van der Waals surface area contributed by atoms with E-state index in [0.29, 0.717) is 5.01 Å². The van der Waals surface area contributed by atoms with Crippen LogP contribution in [0.3, 0.4) is 0 Å². The van der Waals surface area contributed by atoms with Crippen LogP contribution in [0.2, 0.25) is 0 Å². The molecule has 0 aliphatic heterocycles. The number of aromatic nitrogens is 1. The van der Waals surface area contributed by atoms with E-state index in [9.17, 15) is 4.79 Å². The molecule has 2 nitrogen and oxygen atoms in total. The lowest BCUT2D eigenvalue weighted by Gasteiger charge is -1.97. The average Bonchev–Trinajstić information content (AvgIpc) is 2.66. The van der Waals surface area contributed by atoms with Crippen LogP contribution < -0.4 is 0 Å². The van der Waals surface area contributed by atoms with Crippen molar-refractivity contribution in [2.75, 3.05) is 0 Å². The van der Waals surface area contributed by atoms with Crippen LogP contribution in [0, 0.1) is 0 Å². The van der Waals surface area contributed by atoms with Crippen molar-refractivity contribution in [3.63, 3.8) is 0 Å². The molecule has 0 aliphatic rings. The largest absolute Gasteiger partial charge is 0.292 e. The van der Waals surface area contributed by atoms with E-state index in [0.717, 1.165) is 6.42 Å². The Hall–Kier alpha value is -0.700. The molecule has 1 heterocycles. The summed E-state index contributed by atoms with van der Waals surface area (Å²) in [5.74, 6) is 0.0808. The van der Waals surface area contributed by atoms with Gasteiger partial charge in [-0.05, 0) is 12.8 Å². The highest BCUT2D eigenvalue weighted by Gasteiger charge is 2.05. The van der Waals surface area contributed by atoms with Gasteiger partial charge in [-0.2, -0.15) is 0 Å². The maximum atomic E-state index is 11.0. The highest BCUT2D eigenvalue weighted by molar-refractivity contribution is 7.13. The minimum Gasteiger partial charge on any atom is -0.292 e. The minimum atomic E-state index is 0.0808. The molecule has 0 N–H and O–H groups in total. The number of unbranched alkanes of at least 4 members (excludes halogenated alkanes) is 4. The molecule has 3 heteroatoms. The molecule has 0 amide bonds. The number of aryl methyl sites for hydroxylation is 1. The van der Waals surface area contributed by atoms with Crippen molar-refractivity contribution < 1.29 is 4.79 Å². The number of thiazole rings is 1. The second-order valence-electron chi connectivity index (χ2n) is 3.85. The first kappa shape index (κ1) is 12.4. The van der Waals surface area contributed by atoms with Gasteiger partial charge in [-0.15, -0.1) is 11.3 Å². The molecule has 0 radical (unpaired) electrons. The Morgan fingerprint density at radius 2 is 2.07 bits per heavy atom. The summed E-state index contributed by atoms with van der Waals surface area (Å²) in [5.41, 5.74) is 0. The SMILES string of the molecule is CCCCCCCc1cnc(C(C)=O)s1. The van der Waals surface area contributed by atoms with Crippen molar-refractivity contribution in [2.45, 2.75) is 52.4 Å². The summed E-state index contributed by atoms with van der Waals surface area (Å²) < 4.78 is 0. The van der Waals surface area contributed by atoms with Crippen molar-refractivity contribution in [1.29, 1.82) is 0 Å². The molecule has 0 atom stereocenters. The smallest absolute Gasteiger partial charge is 0.188 e. The first-order valence-electron chi connectivity index (χ1n) is 5.69. The molecule has 0 unspecified atom stereocenters. The van der Waals surface area contributed by atoms with Gasteiger partial charge in [0.15, 0.2) is 10.8 Å². The van der Waals surface area contributed by atoms with Gasteiger partial charge < -0.3 is 0 Å². The van der Waals surface area contributed by atoms with E-state index in [-0.39, 0.29) is 5.78 Å². The number of carbonyl (C=O) groups excluding carboxylic acids is 1. The lowest BCUT2D eigenvalue weighted by atomic mass is 10.1. The molecule has 0 aliphatic carbocycles. The van der Waals surface area contributed by atoms with Gasteiger partial charge in [0.1, 0.15) is 0 Å². The Morgan fingerprint density at radius 3 is 2.67 bits per heavy atom. The third-order valence-electron chi connectivity index (χ3n) is 2.38. The lowest BCUT2D eigenvalue weighted by molar-refractivity contribution is 0.101. The second-order valence-corrected chi connectivity index (χ2v) is 4.97. The van der Waals surface area contributed by atoms with E-state index in [1.807, 2.05) is 6.20 Å². The molecular weight excluding hydrogens is 206 g/mol. The van der Waals surface area contributed by atoms with Gasteiger partial charge >= 0.3 is 0 Å². The Kier molecular flexibility index (Phi) is 5.54. The number of hydrogen-bond donors (Lipinski definition) is 0. The van der Waals surface area contributed by atoms with Gasteiger partial charge in [0.05, 0.1) is 0 Å². The number of carbonyl (C=O) groups is 1. The summed E-state index contributed by atoms with van der Waals surface area (Å²) in [7, 11) is 0. The third kappa shape index (κ3) is 4.56. The number of Topliss-reactive ketones (excluding diaryl/α,β-unsaturated/α-hetero) is 1. The van der Waals surface area contributed by atoms with Gasteiger partial charge in [0, 0.05) is 18.0 Å². The molecular formula is C12H19NOS. The monoisotopic (exact) mass is 225 g/mol. The summed E-state index contributed by atoms with van der Waals surface area (Å²) in [4.78, 5) is 16.4. The van der Waals surface area contributed by atoms with Gasteiger partial charge in [-0.3, -0.25) is 4.79 Å². The molecule has 1 aromatic rings. The van der Waals surface area contributed by atoms with Crippen LogP contribution in [0.1, 0.15) is 60.6 Å². The van der Waals surface area contributed by atoms with Crippen LogP contribution in [0.4, 0.5) is 0 Å². The quantitative estimate of drug-likeness (QED) is 0.521. The molecule has 15 heavy (non-hydrogen) atoms. The Morgan fingerprint density at radius 1 is 1.33 bits per heavy atom. The fourth-order valence-corrected chi connectivity index (χ4v) is 2.34. The van der Waals surface area contributed by atoms with Gasteiger partial charge in [0.2, 0.25) is 0 Å². The Labute approximate surface area is 95.7 Å². The molecule has 0 aromatic carbocycles. The van der Waals surface area contributed by atoms with Crippen molar-refractivity contribution in [2.24, 2.45) is 0 Å². The van der Waals surface area contributed by atoms with Crippen molar-refractivity contribution in [3.05, 3.63) is 16.1 Å². The zero-order chi connectivity index (χ0) is 11.1. The maximum Gasteiger partial charge on any atom is 0.188 e. The molecule has 0 bridgehead atoms. The second kappa shape index (κ2) is 6.72. The molecule has 1 rings (SSSR count). The van der Waals surface area contributed by atoms with E-state index in [2.05, 4.69) is 11.9 Å².